The molecule has 1 unspecified atom stereocenters. The highest BCUT2D eigenvalue weighted by Crippen LogP contribution is 2.16. The second-order valence-electron chi connectivity index (χ2n) is 4.86. The van der Waals surface area contributed by atoms with E-state index in [0.29, 0.717) is 11.8 Å². The standard InChI is InChI=1S/C11H22N2O2S/c14-16(15,13-8-3-4-9-13)10-6-11-5-1-2-7-12-11/h11-12H,1-10H2. The number of piperidine rings is 1. The normalized spacial score (nSPS) is 28.4. The summed E-state index contributed by atoms with van der Waals surface area (Å²) in [5.74, 6) is 0.324. The van der Waals surface area contributed by atoms with Crippen molar-refractivity contribution in [2.75, 3.05) is 25.4 Å². The van der Waals surface area contributed by atoms with Gasteiger partial charge >= 0.3 is 0 Å². The number of nitrogens with zero attached hydrogens (tertiary/aromatic N) is 1. The maximum Gasteiger partial charge on any atom is 0.214 e. The highest BCUT2D eigenvalue weighted by molar-refractivity contribution is 7.89. The van der Waals surface area contributed by atoms with Crippen LogP contribution in [0.25, 0.3) is 0 Å². The molecule has 0 saturated carbocycles. The van der Waals surface area contributed by atoms with E-state index in [1.54, 1.807) is 4.31 Å². The van der Waals surface area contributed by atoms with Gasteiger partial charge in [0.05, 0.1) is 5.75 Å². The molecule has 4 nitrogen and oxygen atoms in total. The summed E-state index contributed by atoms with van der Waals surface area (Å²) in [4.78, 5) is 0. The lowest BCUT2D eigenvalue weighted by Crippen LogP contribution is -2.37. The first-order chi connectivity index (χ1) is 7.68. The smallest absolute Gasteiger partial charge is 0.214 e. The highest BCUT2D eigenvalue weighted by atomic mass is 32.2. The molecule has 2 aliphatic rings. The fourth-order valence-corrected chi connectivity index (χ4v) is 4.21. The van der Waals surface area contributed by atoms with Gasteiger partial charge in [0, 0.05) is 19.1 Å². The zero-order valence-electron chi connectivity index (χ0n) is 9.82. The van der Waals surface area contributed by atoms with E-state index in [1.807, 2.05) is 0 Å². The van der Waals surface area contributed by atoms with Crippen LogP contribution in [0.4, 0.5) is 0 Å². The third-order valence-electron chi connectivity index (χ3n) is 3.60. The summed E-state index contributed by atoms with van der Waals surface area (Å²) in [5.41, 5.74) is 0. The number of nitrogens with one attached hydrogen (secondary N) is 1. The van der Waals surface area contributed by atoms with Crippen LogP contribution in [-0.4, -0.2) is 44.2 Å². The Labute approximate surface area is 98.4 Å². The zero-order valence-corrected chi connectivity index (χ0v) is 10.6. The molecule has 2 fully saturated rings. The van der Waals surface area contributed by atoms with Gasteiger partial charge in [-0.2, -0.15) is 0 Å². The molecule has 0 spiro atoms. The SMILES string of the molecule is O=S(=O)(CCC1CCCCN1)N1CCCC1. The average molecular weight is 246 g/mol. The molecule has 2 saturated heterocycles. The zero-order chi connectivity index (χ0) is 11.4. The van der Waals surface area contributed by atoms with Crippen LogP contribution in [0.1, 0.15) is 38.5 Å². The molecule has 5 heteroatoms. The first-order valence-electron chi connectivity index (χ1n) is 6.40. The van der Waals surface area contributed by atoms with Gasteiger partial charge in [0.15, 0.2) is 0 Å². The van der Waals surface area contributed by atoms with Crippen molar-refractivity contribution in [3.05, 3.63) is 0 Å². The van der Waals surface area contributed by atoms with Crippen LogP contribution in [0.15, 0.2) is 0 Å². The van der Waals surface area contributed by atoms with Gasteiger partial charge in [-0.15, -0.1) is 0 Å². The molecule has 1 atom stereocenters. The minimum Gasteiger partial charge on any atom is -0.314 e. The van der Waals surface area contributed by atoms with Crippen molar-refractivity contribution in [2.45, 2.75) is 44.6 Å². The third kappa shape index (κ3) is 3.18. The molecule has 0 aromatic rings. The van der Waals surface area contributed by atoms with Crippen LogP contribution in [-0.2, 0) is 10.0 Å². The number of rotatable bonds is 4. The Hall–Kier alpha value is -0.130. The Morgan fingerprint density at radius 3 is 2.50 bits per heavy atom. The van der Waals surface area contributed by atoms with Crippen LogP contribution in [0, 0.1) is 0 Å². The molecular weight excluding hydrogens is 224 g/mol. The molecule has 0 aliphatic carbocycles. The van der Waals surface area contributed by atoms with Gasteiger partial charge < -0.3 is 5.32 Å². The number of hydrogen-bond donors (Lipinski definition) is 1. The van der Waals surface area contributed by atoms with Gasteiger partial charge in [-0.25, -0.2) is 12.7 Å². The maximum absolute atomic E-state index is 12.0. The lowest BCUT2D eigenvalue weighted by atomic mass is 10.0. The van der Waals surface area contributed by atoms with E-state index in [9.17, 15) is 8.42 Å². The molecule has 0 aromatic carbocycles. The summed E-state index contributed by atoms with van der Waals surface area (Å²) in [5, 5.41) is 3.40. The number of sulfonamides is 1. The van der Waals surface area contributed by atoms with Crippen LogP contribution < -0.4 is 5.32 Å². The van der Waals surface area contributed by atoms with Crippen molar-refractivity contribution < 1.29 is 8.42 Å². The molecule has 0 bridgehead atoms. The first-order valence-corrected chi connectivity index (χ1v) is 8.00. The van der Waals surface area contributed by atoms with Gasteiger partial charge in [-0.3, -0.25) is 0 Å². The topological polar surface area (TPSA) is 49.4 Å². The van der Waals surface area contributed by atoms with E-state index in [4.69, 9.17) is 0 Å². The largest absolute Gasteiger partial charge is 0.314 e. The minimum absolute atomic E-state index is 0.324. The van der Waals surface area contributed by atoms with Gasteiger partial charge in [-0.1, -0.05) is 6.42 Å². The Bertz CT molecular complexity index is 304. The van der Waals surface area contributed by atoms with Crippen molar-refractivity contribution in [1.29, 1.82) is 0 Å². The van der Waals surface area contributed by atoms with Gasteiger partial charge in [0.25, 0.3) is 0 Å². The van der Waals surface area contributed by atoms with E-state index in [-0.39, 0.29) is 0 Å². The molecular formula is C11H22N2O2S. The fraction of sp³-hybridized carbons (Fsp3) is 1.00. The summed E-state index contributed by atoms with van der Waals surface area (Å²) in [7, 11) is -2.97. The Morgan fingerprint density at radius 2 is 1.88 bits per heavy atom. The molecule has 2 rings (SSSR count). The molecule has 16 heavy (non-hydrogen) atoms. The Kier molecular flexibility index (Phi) is 4.21. The molecule has 2 aliphatic heterocycles. The summed E-state index contributed by atoms with van der Waals surface area (Å²) in [6, 6.07) is 0.422. The molecule has 0 amide bonds. The van der Waals surface area contributed by atoms with Crippen molar-refractivity contribution in [3.63, 3.8) is 0 Å². The van der Waals surface area contributed by atoms with Crippen molar-refractivity contribution >= 4 is 10.0 Å². The summed E-state index contributed by atoms with van der Waals surface area (Å²) >= 11 is 0. The Balaban J connectivity index is 1.79. The predicted molar refractivity (Wildman–Crippen MR) is 64.9 cm³/mol. The molecule has 94 valence electrons. The molecule has 1 N–H and O–H groups in total. The lowest BCUT2D eigenvalue weighted by Gasteiger charge is -2.24. The van der Waals surface area contributed by atoms with Gasteiger partial charge in [0.2, 0.25) is 10.0 Å². The monoisotopic (exact) mass is 246 g/mol. The van der Waals surface area contributed by atoms with Crippen LogP contribution in [0.3, 0.4) is 0 Å². The lowest BCUT2D eigenvalue weighted by molar-refractivity contribution is 0.389. The van der Waals surface area contributed by atoms with Gasteiger partial charge in [-0.05, 0) is 38.6 Å². The summed E-state index contributed by atoms with van der Waals surface area (Å²) in [6.45, 7) is 2.52. The Morgan fingerprint density at radius 1 is 1.12 bits per heavy atom. The van der Waals surface area contributed by atoms with E-state index in [2.05, 4.69) is 5.32 Å². The second-order valence-corrected chi connectivity index (χ2v) is 6.95. The van der Waals surface area contributed by atoms with E-state index in [0.717, 1.165) is 45.3 Å². The maximum atomic E-state index is 12.0. The average Bonchev–Trinajstić information content (AvgIpc) is 2.82. The van der Waals surface area contributed by atoms with E-state index >= 15 is 0 Å². The second kappa shape index (κ2) is 5.47. The van der Waals surface area contributed by atoms with Crippen LogP contribution in [0.2, 0.25) is 0 Å². The van der Waals surface area contributed by atoms with Gasteiger partial charge in [0.1, 0.15) is 0 Å². The van der Waals surface area contributed by atoms with Crippen molar-refractivity contribution in [2.24, 2.45) is 0 Å². The van der Waals surface area contributed by atoms with E-state index in [1.165, 1.54) is 12.8 Å². The summed E-state index contributed by atoms with van der Waals surface area (Å²) < 4.78 is 25.6. The van der Waals surface area contributed by atoms with Crippen molar-refractivity contribution in [3.8, 4) is 0 Å². The van der Waals surface area contributed by atoms with Crippen molar-refractivity contribution in [1.82, 2.24) is 9.62 Å². The minimum atomic E-state index is -2.97. The summed E-state index contributed by atoms with van der Waals surface area (Å²) in [6.07, 6.45) is 6.44. The van der Waals surface area contributed by atoms with Crippen LogP contribution in [0.5, 0.6) is 0 Å². The van der Waals surface area contributed by atoms with Crippen LogP contribution >= 0.6 is 0 Å². The predicted octanol–water partition coefficient (Wildman–Crippen LogP) is 0.944. The van der Waals surface area contributed by atoms with E-state index < -0.39 is 10.0 Å². The molecule has 0 radical (unpaired) electrons. The number of hydrogen-bond acceptors (Lipinski definition) is 3. The fourth-order valence-electron chi connectivity index (χ4n) is 2.56. The third-order valence-corrected chi connectivity index (χ3v) is 5.50. The first kappa shape index (κ1) is 12.3. The quantitative estimate of drug-likeness (QED) is 0.803. The molecule has 0 aromatic heterocycles. The highest BCUT2D eigenvalue weighted by Gasteiger charge is 2.26. The molecule has 2 heterocycles.